The standard InChI is InChI=1S/C51H92N18O15/c1-23(2)20-28(52)40(74)66-33(21-24(3)4)45(79)63-30(13-11-19-60-51(57)58)41(75)62-29(12-10-18-59-50(55)56)42(76)64-31(14-16-35(53)70)43(77)69-39(26(7)8)48(82)67-34(22-36(54)71)46(80)65-32(15-17-37(72)73)44(78)68-38(25(5)6)47(81)61-27(9)49(83)84/h23-34,38-39H,10-22,52H2,1-9H3,(H2,53,70)(H2,54,71)(H,61,81)(H,62,75)(H,63,79)(H,64,76)(H,65,80)(H,66,74)(H,67,82)(H,68,78)(H,69,77)(H,72,73)(H,83,84)(H4,55,56,59)(H4,57,58,60)/t27-,28-,29-,30-,31-,32-,33-,34-,38-,39-/m0/s1. The van der Waals surface area contributed by atoms with Crippen LogP contribution in [0.1, 0.15) is 133 Å². The largest absolute Gasteiger partial charge is 0.481 e. The van der Waals surface area contributed by atoms with E-state index >= 15 is 0 Å². The van der Waals surface area contributed by atoms with Crippen molar-refractivity contribution >= 4 is 88.8 Å². The van der Waals surface area contributed by atoms with Gasteiger partial charge in [-0.1, -0.05) is 55.4 Å². The number of nitrogens with two attached hydrogens (primary N) is 7. The predicted octanol–water partition coefficient (Wildman–Crippen LogP) is -5.70. The van der Waals surface area contributed by atoms with Gasteiger partial charge in [0.2, 0.25) is 65.0 Å². The van der Waals surface area contributed by atoms with Crippen molar-refractivity contribution in [3.63, 3.8) is 0 Å². The number of guanidine groups is 2. The number of carbonyl (C=O) groups excluding carboxylic acids is 11. The van der Waals surface area contributed by atoms with Crippen LogP contribution < -0.4 is 88.0 Å². The monoisotopic (exact) mass is 1200 g/mol. The molecule has 84 heavy (non-hydrogen) atoms. The van der Waals surface area contributed by atoms with Crippen LogP contribution in [0.25, 0.3) is 0 Å². The molecule has 0 rings (SSSR count). The van der Waals surface area contributed by atoms with Crippen LogP contribution in [0.15, 0.2) is 9.98 Å². The molecule has 0 aliphatic carbocycles. The molecule has 11 amide bonds. The van der Waals surface area contributed by atoms with E-state index in [2.05, 4.69) is 57.8 Å². The van der Waals surface area contributed by atoms with Crippen LogP contribution in [0.3, 0.4) is 0 Å². The van der Waals surface area contributed by atoms with Crippen molar-refractivity contribution in [1.29, 1.82) is 0 Å². The van der Waals surface area contributed by atoms with Gasteiger partial charge in [-0.15, -0.1) is 0 Å². The molecule has 0 aromatic carbocycles. The van der Waals surface area contributed by atoms with E-state index in [1.807, 2.05) is 27.7 Å². The lowest BCUT2D eigenvalue weighted by molar-refractivity contribution is -0.142. The minimum Gasteiger partial charge on any atom is -0.481 e. The van der Waals surface area contributed by atoms with Gasteiger partial charge in [-0.3, -0.25) is 72.3 Å². The summed E-state index contributed by atoms with van der Waals surface area (Å²) in [5.74, 6) is -15.7. The van der Waals surface area contributed by atoms with Crippen LogP contribution >= 0.6 is 0 Å². The fourth-order valence-corrected chi connectivity index (χ4v) is 7.94. The normalized spacial score (nSPS) is 14.7. The maximum absolute atomic E-state index is 14.4. The Kier molecular flexibility index (Phi) is 34.6. The molecular formula is C51H92N18O15. The Bertz CT molecular complexity index is 2340. The lowest BCUT2D eigenvalue weighted by Gasteiger charge is -2.29. The lowest BCUT2D eigenvalue weighted by atomic mass is 10.00. The average molecular weight is 1200 g/mol. The molecule has 0 radical (unpaired) electrons. The third-order valence-electron chi connectivity index (χ3n) is 12.4. The number of carbonyl (C=O) groups is 13. The molecule has 0 saturated carbocycles. The van der Waals surface area contributed by atoms with Crippen molar-refractivity contribution in [2.24, 2.45) is 73.8 Å². The highest BCUT2D eigenvalue weighted by Crippen LogP contribution is 2.13. The number of amides is 11. The Morgan fingerprint density at radius 3 is 1.10 bits per heavy atom. The highest BCUT2D eigenvalue weighted by atomic mass is 16.4. The van der Waals surface area contributed by atoms with Crippen LogP contribution in [0, 0.1) is 23.7 Å². The number of rotatable bonds is 41. The topological polar surface area (TPSA) is 577 Å². The first-order valence-corrected chi connectivity index (χ1v) is 27.6. The Morgan fingerprint density at radius 1 is 0.393 bits per heavy atom. The first kappa shape index (κ1) is 75.6. The molecule has 0 fully saturated rings. The molecule has 0 aliphatic rings. The summed E-state index contributed by atoms with van der Waals surface area (Å²) in [4.78, 5) is 180. The molecule has 0 heterocycles. The molecule has 0 aliphatic heterocycles. The van der Waals surface area contributed by atoms with Gasteiger partial charge in [-0.25, -0.2) is 0 Å². The van der Waals surface area contributed by atoms with Gasteiger partial charge in [0.05, 0.1) is 12.5 Å². The third kappa shape index (κ3) is 31.2. The van der Waals surface area contributed by atoms with E-state index in [4.69, 9.17) is 40.1 Å². The van der Waals surface area contributed by atoms with Gasteiger partial charge in [0.1, 0.15) is 54.4 Å². The van der Waals surface area contributed by atoms with Gasteiger partial charge in [-0.2, -0.15) is 0 Å². The molecule has 10 atom stereocenters. The summed E-state index contributed by atoms with van der Waals surface area (Å²) >= 11 is 0. The van der Waals surface area contributed by atoms with Crippen molar-refractivity contribution in [3.8, 4) is 0 Å². The van der Waals surface area contributed by atoms with E-state index in [0.29, 0.717) is 6.42 Å². The van der Waals surface area contributed by atoms with Gasteiger partial charge >= 0.3 is 11.9 Å². The number of primary amides is 2. The maximum atomic E-state index is 14.4. The van der Waals surface area contributed by atoms with Crippen LogP contribution in [-0.4, -0.2) is 173 Å². The fourth-order valence-electron chi connectivity index (χ4n) is 7.94. The van der Waals surface area contributed by atoms with Crippen LogP contribution in [0.4, 0.5) is 0 Å². The van der Waals surface area contributed by atoms with E-state index in [0.717, 1.165) is 0 Å². The lowest BCUT2D eigenvalue weighted by Crippen LogP contribution is -2.61. The Balaban J connectivity index is 7.11. The molecule has 33 heteroatoms. The highest BCUT2D eigenvalue weighted by molar-refractivity contribution is 5.99. The summed E-state index contributed by atoms with van der Waals surface area (Å²) in [5, 5.41) is 40.7. The number of aliphatic carboxylic acids is 2. The Hall–Kier alpha value is -8.39. The second-order valence-corrected chi connectivity index (χ2v) is 21.8. The van der Waals surface area contributed by atoms with Gasteiger partial charge in [0.15, 0.2) is 11.9 Å². The Labute approximate surface area is 488 Å². The van der Waals surface area contributed by atoms with Crippen LogP contribution in [-0.2, 0) is 62.3 Å². The second kappa shape index (κ2) is 38.4. The number of hydrogen-bond donors (Lipinski definition) is 18. The molecule has 476 valence electrons. The summed E-state index contributed by atoms with van der Waals surface area (Å²) in [6, 6.07) is -14.7. The zero-order valence-electron chi connectivity index (χ0n) is 49.4. The maximum Gasteiger partial charge on any atom is 0.325 e. The minimum absolute atomic E-state index is 0.0140. The van der Waals surface area contributed by atoms with E-state index in [-0.39, 0.29) is 68.9 Å². The summed E-state index contributed by atoms with van der Waals surface area (Å²) in [6.07, 6.45) is -2.89. The Morgan fingerprint density at radius 2 is 0.738 bits per heavy atom. The zero-order valence-corrected chi connectivity index (χ0v) is 49.4. The second-order valence-electron chi connectivity index (χ2n) is 21.8. The van der Waals surface area contributed by atoms with E-state index in [9.17, 15) is 72.5 Å². The van der Waals surface area contributed by atoms with Crippen molar-refractivity contribution in [2.45, 2.75) is 193 Å². The van der Waals surface area contributed by atoms with Gasteiger partial charge in [0, 0.05) is 25.9 Å². The van der Waals surface area contributed by atoms with Crippen molar-refractivity contribution in [1.82, 2.24) is 47.9 Å². The van der Waals surface area contributed by atoms with Crippen molar-refractivity contribution in [3.05, 3.63) is 0 Å². The van der Waals surface area contributed by atoms with E-state index < -0.39 is 181 Å². The summed E-state index contributed by atoms with van der Waals surface area (Å²) in [5.41, 5.74) is 39.0. The molecule has 0 unspecified atom stereocenters. The fraction of sp³-hybridized carbons (Fsp3) is 0.706. The van der Waals surface area contributed by atoms with Crippen molar-refractivity contribution < 1.29 is 72.5 Å². The number of nitrogens with zero attached hydrogens (tertiary/aromatic N) is 2. The quantitative estimate of drug-likeness (QED) is 0.0154. The number of hydrogen-bond acceptors (Lipinski definition) is 16. The van der Waals surface area contributed by atoms with E-state index in [1.54, 1.807) is 0 Å². The molecule has 0 saturated heterocycles. The number of carboxylic acid groups (broad SMARTS) is 2. The number of carboxylic acids is 2. The molecule has 33 nitrogen and oxygen atoms in total. The molecule has 0 aromatic rings. The average Bonchev–Trinajstić information content (AvgIpc) is 3.51. The van der Waals surface area contributed by atoms with Gasteiger partial charge in [0.25, 0.3) is 0 Å². The number of nitrogens with one attached hydrogen (secondary N) is 9. The highest BCUT2D eigenvalue weighted by Gasteiger charge is 2.37. The first-order chi connectivity index (χ1) is 39.0. The summed E-state index contributed by atoms with van der Waals surface area (Å²) in [6.45, 7) is 14.4. The summed E-state index contributed by atoms with van der Waals surface area (Å²) < 4.78 is 0. The first-order valence-electron chi connectivity index (χ1n) is 27.6. The minimum atomic E-state index is -1.89. The third-order valence-corrected chi connectivity index (χ3v) is 12.4. The molecular weight excluding hydrogens is 1100 g/mol. The zero-order chi connectivity index (χ0) is 64.7. The smallest absolute Gasteiger partial charge is 0.325 e. The van der Waals surface area contributed by atoms with Crippen LogP contribution in [0.2, 0.25) is 0 Å². The summed E-state index contributed by atoms with van der Waals surface area (Å²) in [7, 11) is 0. The molecule has 0 aromatic heterocycles. The molecule has 0 spiro atoms. The predicted molar refractivity (Wildman–Crippen MR) is 306 cm³/mol. The molecule has 25 N–H and O–H groups in total. The molecule has 0 bridgehead atoms. The van der Waals surface area contributed by atoms with Crippen molar-refractivity contribution in [2.75, 3.05) is 13.1 Å². The van der Waals surface area contributed by atoms with Crippen LogP contribution in [0.5, 0.6) is 0 Å². The number of aliphatic imine (C=N–C) groups is 2. The SMILES string of the molecule is CC(C)C[C@H](NC(=O)[C@@H](N)CC(C)C)C(=O)N[C@@H](CCCN=C(N)N)C(=O)N[C@@H](CCCN=C(N)N)C(=O)N[C@@H](CCC(N)=O)C(=O)N[C@H](C(=O)N[C@@H](CC(N)=O)C(=O)N[C@@H](CCC(=O)O)C(=O)N[C@H](C(=O)N[C@@H](C)C(=O)O)C(C)C)C(C)C. The van der Waals surface area contributed by atoms with Gasteiger partial charge in [-0.05, 0) is 82.0 Å². The van der Waals surface area contributed by atoms with Gasteiger partial charge < -0.3 is 98.2 Å². The van der Waals surface area contributed by atoms with E-state index in [1.165, 1.54) is 34.6 Å².